The van der Waals surface area contributed by atoms with E-state index in [1.165, 1.54) is 114 Å². The molecule has 4 aromatic heterocycles. The average Bonchev–Trinajstić information content (AvgIpc) is 3.84. The lowest BCUT2D eigenvalue weighted by Crippen LogP contribution is -2.62. The molecule has 0 saturated heterocycles. The van der Waals surface area contributed by atoms with Gasteiger partial charge in [0.1, 0.15) is 0 Å². The number of hydrogen-bond acceptors (Lipinski definition) is 4. The first-order chi connectivity index (χ1) is 28.7. The van der Waals surface area contributed by atoms with Gasteiger partial charge in [0.2, 0.25) is 0 Å². The van der Waals surface area contributed by atoms with Gasteiger partial charge in [0.15, 0.2) is 0 Å². The van der Waals surface area contributed by atoms with Gasteiger partial charge in [-0.15, -0.1) is 22.7 Å². The van der Waals surface area contributed by atoms with Crippen molar-refractivity contribution in [2.45, 2.75) is 19.4 Å². The van der Waals surface area contributed by atoms with Crippen LogP contribution in [0.4, 0.5) is 11.4 Å². The molecule has 0 bridgehead atoms. The second-order valence-electron chi connectivity index (χ2n) is 17.1. The van der Waals surface area contributed by atoms with Crippen LogP contribution in [0.5, 0.6) is 0 Å². The highest BCUT2D eigenvalue weighted by Crippen LogP contribution is 2.54. The summed E-state index contributed by atoms with van der Waals surface area (Å²) in [6.07, 6.45) is 19.7. The molecule has 3 atom stereocenters. The molecule has 0 fully saturated rings. The highest BCUT2D eigenvalue weighted by Gasteiger charge is 2.48. The van der Waals surface area contributed by atoms with Crippen molar-refractivity contribution in [3.8, 4) is 16.9 Å². The molecule has 6 aliphatic rings. The van der Waals surface area contributed by atoms with Gasteiger partial charge in [0, 0.05) is 65.9 Å². The zero-order valence-electron chi connectivity index (χ0n) is 31.5. The Hall–Kier alpha value is -6.21. The van der Waals surface area contributed by atoms with Crippen LogP contribution < -0.4 is 26.5 Å². The lowest BCUT2D eigenvalue weighted by Gasteiger charge is -2.46. The van der Waals surface area contributed by atoms with Gasteiger partial charge in [-0.3, -0.25) is 4.98 Å². The van der Waals surface area contributed by atoms with E-state index in [0.29, 0.717) is 5.92 Å². The van der Waals surface area contributed by atoms with Gasteiger partial charge in [0.05, 0.1) is 22.8 Å². The summed E-state index contributed by atoms with van der Waals surface area (Å²) >= 11 is 3.85. The highest BCUT2D eigenvalue weighted by atomic mass is 32.1. The Morgan fingerprint density at radius 3 is 2.64 bits per heavy atom. The quantitative estimate of drug-likeness (QED) is 0.155. The first kappa shape index (κ1) is 30.9. The third kappa shape index (κ3) is 3.63. The van der Waals surface area contributed by atoms with Gasteiger partial charge < -0.3 is 9.47 Å². The fourth-order valence-corrected chi connectivity index (χ4v) is 14.2. The van der Waals surface area contributed by atoms with Gasteiger partial charge in [0.25, 0.3) is 6.71 Å². The normalized spacial score (nSPS) is 20.1. The predicted octanol–water partition coefficient (Wildman–Crippen LogP) is 10.4. The van der Waals surface area contributed by atoms with Gasteiger partial charge in [-0.2, -0.15) is 0 Å². The molecule has 3 unspecified atom stereocenters. The van der Waals surface area contributed by atoms with Crippen molar-refractivity contribution in [1.82, 2.24) is 9.55 Å². The van der Waals surface area contributed by atoms with E-state index < -0.39 is 0 Å². The number of aromatic nitrogens is 2. The number of fused-ring (bicyclic) bond motifs is 9. The SMILES string of the molecule is CC1C=c2c3scc4ccc5c(c43)n(c3cccc(c23)C1)-c1cc(-c2nccc3ccccc23)cc2c1B5c1ccc3csc4c3c1N2C1C=CC=C2C=CC=C4C21. The Bertz CT molecular complexity index is 3660. The summed E-state index contributed by atoms with van der Waals surface area (Å²) in [5, 5.41) is 15.4. The maximum atomic E-state index is 5.22. The summed E-state index contributed by atoms with van der Waals surface area (Å²) in [6, 6.07) is 32.9. The zero-order chi connectivity index (χ0) is 37.5. The van der Waals surface area contributed by atoms with Crippen molar-refractivity contribution in [3.05, 3.63) is 160 Å². The molecule has 9 aromatic rings. The summed E-state index contributed by atoms with van der Waals surface area (Å²) in [7, 11) is 0. The lowest BCUT2D eigenvalue weighted by molar-refractivity contribution is 0.661. The van der Waals surface area contributed by atoms with E-state index in [1.54, 1.807) is 0 Å². The Balaban J connectivity index is 1.19. The van der Waals surface area contributed by atoms with E-state index in [4.69, 9.17) is 4.98 Å². The van der Waals surface area contributed by atoms with Gasteiger partial charge >= 0.3 is 0 Å². The Kier molecular flexibility index (Phi) is 5.66. The monoisotopic (exact) mass is 773 g/mol. The van der Waals surface area contributed by atoms with Crippen LogP contribution in [0, 0.1) is 11.8 Å². The predicted molar refractivity (Wildman–Crippen MR) is 249 cm³/mol. The average molecular weight is 774 g/mol. The van der Waals surface area contributed by atoms with Crippen LogP contribution in [0.25, 0.3) is 82.0 Å². The number of pyridine rings is 1. The van der Waals surface area contributed by atoms with Crippen molar-refractivity contribution < 1.29 is 0 Å². The van der Waals surface area contributed by atoms with Crippen LogP contribution in [-0.2, 0) is 6.42 Å². The molecular formula is C52H32BN3S2. The fraction of sp³-hybridized carbons (Fsp3) is 0.0962. The van der Waals surface area contributed by atoms with E-state index in [9.17, 15) is 0 Å². The molecule has 15 rings (SSSR count). The number of nitrogens with zero attached hydrogens (tertiary/aromatic N) is 3. The molecule has 0 N–H and O–H groups in total. The summed E-state index contributed by atoms with van der Waals surface area (Å²) in [5.41, 5.74) is 17.3. The van der Waals surface area contributed by atoms with E-state index in [2.05, 4.69) is 155 Å². The highest BCUT2D eigenvalue weighted by molar-refractivity contribution is 7.18. The Morgan fingerprint density at radius 1 is 0.793 bits per heavy atom. The Labute approximate surface area is 342 Å². The summed E-state index contributed by atoms with van der Waals surface area (Å²) < 4.78 is 4.10. The number of rotatable bonds is 1. The standard InChI is InChI=1S/C52H32BN3S2/c1-27-21-30-10-6-14-40-44(30)36(22-27)52-46-32(26-58-52)16-18-38-50(46)56(40)42-24-33(48-34-11-3-2-7-28(34)19-20-54-48)23-41-47(42)53(38)37-17-15-31-25-57-51-35-12-4-8-29-9-5-13-39(43(29)35)55(41)49(37)45(31)51/h2-20,22-27,39,43H,21H2,1H3. The number of benzene rings is 5. The fourth-order valence-electron chi connectivity index (χ4n) is 12.0. The lowest BCUT2D eigenvalue weighted by atomic mass is 9.33. The molecule has 7 heterocycles. The molecule has 0 amide bonds. The van der Waals surface area contributed by atoms with Crippen molar-refractivity contribution in [2.24, 2.45) is 11.8 Å². The van der Waals surface area contributed by atoms with Gasteiger partial charge in [-0.25, -0.2) is 0 Å². The first-order valence-corrected chi connectivity index (χ1v) is 22.3. The molecular weight excluding hydrogens is 742 g/mol. The van der Waals surface area contributed by atoms with Gasteiger partial charge in [-0.1, -0.05) is 110 Å². The molecule has 0 spiro atoms. The minimum atomic E-state index is 0.0577. The topological polar surface area (TPSA) is 21.1 Å². The van der Waals surface area contributed by atoms with Crippen LogP contribution in [0.3, 0.4) is 0 Å². The van der Waals surface area contributed by atoms with E-state index in [0.717, 1.165) is 17.7 Å². The minimum absolute atomic E-state index is 0.0577. The molecule has 58 heavy (non-hydrogen) atoms. The molecule has 270 valence electrons. The van der Waals surface area contributed by atoms with E-state index in [1.807, 2.05) is 28.9 Å². The number of hydrogen-bond donors (Lipinski definition) is 0. The summed E-state index contributed by atoms with van der Waals surface area (Å²) in [5.74, 6) is 0.696. The molecule has 3 nitrogen and oxygen atoms in total. The maximum absolute atomic E-state index is 5.22. The van der Waals surface area contributed by atoms with Crippen LogP contribution in [0.1, 0.15) is 17.4 Å². The number of thiophene rings is 2. The zero-order valence-corrected chi connectivity index (χ0v) is 33.2. The molecule has 3 aliphatic carbocycles. The molecule has 0 radical (unpaired) electrons. The maximum Gasteiger partial charge on any atom is 0.252 e. The smallest absolute Gasteiger partial charge is 0.252 e. The van der Waals surface area contributed by atoms with Crippen LogP contribution >= 0.6 is 22.7 Å². The molecule has 0 saturated carbocycles. The van der Waals surface area contributed by atoms with Gasteiger partial charge in [-0.05, 0) is 102 Å². The van der Waals surface area contributed by atoms with Crippen molar-refractivity contribution in [2.75, 3.05) is 4.90 Å². The number of allylic oxidation sites excluding steroid dienone is 5. The first-order valence-electron chi connectivity index (χ1n) is 20.5. The van der Waals surface area contributed by atoms with Crippen molar-refractivity contribution in [3.63, 3.8) is 0 Å². The largest absolute Gasteiger partial charge is 0.334 e. The molecule has 6 heteroatoms. The van der Waals surface area contributed by atoms with Crippen molar-refractivity contribution in [1.29, 1.82) is 0 Å². The minimum Gasteiger partial charge on any atom is -0.334 e. The third-order valence-electron chi connectivity index (χ3n) is 14.1. The van der Waals surface area contributed by atoms with E-state index in [-0.39, 0.29) is 18.7 Å². The van der Waals surface area contributed by atoms with Crippen LogP contribution in [0.15, 0.2) is 144 Å². The Morgan fingerprint density at radius 2 is 1.67 bits per heavy atom. The van der Waals surface area contributed by atoms with Crippen molar-refractivity contribution >= 4 is 122 Å². The molecule has 3 aliphatic heterocycles. The molecule has 5 aromatic carbocycles. The second kappa shape index (κ2) is 10.6. The number of anilines is 2. The van der Waals surface area contributed by atoms with Crippen LogP contribution in [-0.4, -0.2) is 22.3 Å². The second-order valence-corrected chi connectivity index (χ2v) is 18.8. The summed E-state index contributed by atoms with van der Waals surface area (Å²) in [4.78, 5) is 9.41. The van der Waals surface area contributed by atoms with E-state index >= 15 is 0 Å². The summed E-state index contributed by atoms with van der Waals surface area (Å²) in [6.45, 7) is 2.44. The third-order valence-corrected chi connectivity index (χ3v) is 16.2. The van der Waals surface area contributed by atoms with Crippen LogP contribution in [0.2, 0.25) is 0 Å².